The Hall–Kier alpha value is -3.20. The summed E-state index contributed by atoms with van der Waals surface area (Å²) in [5.41, 5.74) is -1.10. The van der Waals surface area contributed by atoms with Crippen LogP contribution in [0.3, 0.4) is 0 Å². The quantitative estimate of drug-likeness (QED) is 0.540. The number of hydrogen-bond donors (Lipinski definition) is 3. The number of benzene rings is 2. The molecular weight excluding hydrogens is 411 g/mol. The lowest BCUT2D eigenvalue weighted by Crippen LogP contribution is -2.28. The summed E-state index contributed by atoms with van der Waals surface area (Å²) in [5.74, 6) is -1.54. The van der Waals surface area contributed by atoms with Crippen LogP contribution in [0.25, 0.3) is 5.69 Å². The predicted molar refractivity (Wildman–Crippen MR) is 99.4 cm³/mol. The average molecular weight is 426 g/mol. The highest BCUT2D eigenvalue weighted by atomic mass is 35.5. The highest BCUT2D eigenvalue weighted by Crippen LogP contribution is 2.34. The molecule has 0 bridgehead atoms. The van der Waals surface area contributed by atoms with E-state index in [-0.39, 0.29) is 30.2 Å². The Balaban J connectivity index is 1.79. The van der Waals surface area contributed by atoms with Gasteiger partial charge in [-0.05, 0) is 48.4 Å². The van der Waals surface area contributed by atoms with E-state index >= 15 is 0 Å². The standard InChI is InChI=1S/C19H15ClF3N3O3/c20-12-2-4-13(5-3-12)26-17(19(21,22)23)14(10-25-26)18(29)24-8-7-11-1-6-15(27)16(28)9-11/h1-6,9-10,27-28H,7-8H2,(H,24,29). The summed E-state index contributed by atoms with van der Waals surface area (Å²) in [4.78, 5) is 12.3. The molecule has 6 nitrogen and oxygen atoms in total. The van der Waals surface area contributed by atoms with E-state index in [2.05, 4.69) is 10.4 Å². The zero-order valence-corrected chi connectivity index (χ0v) is 15.5. The van der Waals surface area contributed by atoms with Gasteiger partial charge in [0.2, 0.25) is 0 Å². The van der Waals surface area contributed by atoms with Crippen LogP contribution in [0.4, 0.5) is 13.2 Å². The van der Waals surface area contributed by atoms with Crippen LogP contribution in [0.1, 0.15) is 21.6 Å². The topological polar surface area (TPSA) is 87.4 Å². The summed E-state index contributed by atoms with van der Waals surface area (Å²) in [6, 6.07) is 9.69. The van der Waals surface area contributed by atoms with Gasteiger partial charge in [0.1, 0.15) is 0 Å². The first-order valence-electron chi connectivity index (χ1n) is 8.37. The van der Waals surface area contributed by atoms with Crippen LogP contribution in [0.2, 0.25) is 5.02 Å². The molecule has 0 aliphatic heterocycles. The van der Waals surface area contributed by atoms with E-state index in [9.17, 15) is 28.2 Å². The van der Waals surface area contributed by atoms with E-state index in [1.807, 2.05) is 0 Å². The Bertz CT molecular complexity index is 1030. The Morgan fingerprint density at radius 3 is 2.41 bits per heavy atom. The zero-order valence-electron chi connectivity index (χ0n) is 14.7. The van der Waals surface area contributed by atoms with Gasteiger partial charge < -0.3 is 15.5 Å². The van der Waals surface area contributed by atoms with E-state index in [1.54, 1.807) is 0 Å². The van der Waals surface area contributed by atoms with Gasteiger partial charge in [0.05, 0.1) is 17.4 Å². The summed E-state index contributed by atoms with van der Waals surface area (Å²) < 4.78 is 41.5. The SMILES string of the molecule is O=C(NCCc1ccc(O)c(O)c1)c1cnn(-c2ccc(Cl)cc2)c1C(F)(F)F. The first-order chi connectivity index (χ1) is 13.7. The minimum atomic E-state index is -4.81. The van der Waals surface area contributed by atoms with Crippen LogP contribution in [0.15, 0.2) is 48.7 Å². The molecule has 0 radical (unpaired) electrons. The second kappa shape index (κ2) is 8.04. The number of nitrogens with zero attached hydrogens (tertiary/aromatic N) is 2. The molecule has 0 saturated heterocycles. The molecule has 3 N–H and O–H groups in total. The summed E-state index contributed by atoms with van der Waals surface area (Å²) in [5, 5.41) is 25.2. The number of carbonyl (C=O) groups is 1. The fourth-order valence-corrected chi connectivity index (χ4v) is 2.83. The van der Waals surface area contributed by atoms with Crippen LogP contribution < -0.4 is 5.32 Å². The van der Waals surface area contributed by atoms with Crippen molar-refractivity contribution in [2.24, 2.45) is 0 Å². The van der Waals surface area contributed by atoms with E-state index in [1.165, 1.54) is 42.5 Å². The van der Waals surface area contributed by atoms with E-state index in [0.717, 1.165) is 6.20 Å². The van der Waals surface area contributed by atoms with Crippen molar-refractivity contribution in [3.63, 3.8) is 0 Å². The number of alkyl halides is 3. The first kappa shape index (κ1) is 20.5. The Labute approximate surface area is 168 Å². The number of nitrogens with one attached hydrogen (secondary N) is 1. The van der Waals surface area contributed by atoms with Gasteiger partial charge in [-0.15, -0.1) is 0 Å². The van der Waals surface area contributed by atoms with Gasteiger partial charge in [-0.25, -0.2) is 4.68 Å². The molecule has 0 fully saturated rings. The molecule has 1 amide bonds. The van der Waals surface area contributed by atoms with E-state index < -0.39 is 23.3 Å². The monoisotopic (exact) mass is 425 g/mol. The highest BCUT2D eigenvalue weighted by molar-refractivity contribution is 6.30. The Kier molecular flexibility index (Phi) is 5.69. The fourth-order valence-electron chi connectivity index (χ4n) is 2.71. The smallest absolute Gasteiger partial charge is 0.434 e. The third-order valence-corrected chi connectivity index (χ3v) is 4.34. The van der Waals surface area contributed by atoms with Crippen molar-refractivity contribution >= 4 is 17.5 Å². The number of rotatable bonds is 5. The van der Waals surface area contributed by atoms with Gasteiger partial charge in [-0.1, -0.05) is 17.7 Å². The van der Waals surface area contributed by atoms with Gasteiger partial charge in [-0.3, -0.25) is 4.79 Å². The molecule has 29 heavy (non-hydrogen) atoms. The lowest BCUT2D eigenvalue weighted by molar-refractivity contribution is -0.143. The van der Waals surface area contributed by atoms with Crippen molar-refractivity contribution in [1.29, 1.82) is 0 Å². The number of carbonyl (C=O) groups excluding carboxylic acids is 1. The molecule has 3 aromatic rings. The number of phenolic OH excluding ortho intramolecular Hbond substituents is 2. The molecule has 0 atom stereocenters. The number of aromatic nitrogens is 2. The second-order valence-electron chi connectivity index (χ2n) is 6.12. The molecule has 1 aromatic heterocycles. The maximum absolute atomic E-state index is 13.6. The normalized spacial score (nSPS) is 11.4. The summed E-state index contributed by atoms with van der Waals surface area (Å²) in [7, 11) is 0. The van der Waals surface area contributed by atoms with Crippen molar-refractivity contribution in [2.45, 2.75) is 12.6 Å². The minimum Gasteiger partial charge on any atom is -0.504 e. The van der Waals surface area contributed by atoms with Crippen molar-refractivity contribution in [3.05, 3.63) is 70.5 Å². The molecule has 10 heteroatoms. The van der Waals surface area contributed by atoms with Gasteiger partial charge in [-0.2, -0.15) is 18.3 Å². The zero-order chi connectivity index (χ0) is 21.2. The number of hydrogen-bond acceptors (Lipinski definition) is 4. The first-order valence-corrected chi connectivity index (χ1v) is 8.75. The third kappa shape index (κ3) is 4.62. The predicted octanol–water partition coefficient (Wildman–Crippen LogP) is 3.93. The molecule has 152 valence electrons. The molecule has 1 heterocycles. The largest absolute Gasteiger partial charge is 0.504 e. The lowest BCUT2D eigenvalue weighted by atomic mass is 10.1. The summed E-state index contributed by atoms with van der Waals surface area (Å²) >= 11 is 5.77. The van der Waals surface area contributed by atoms with Crippen molar-refractivity contribution in [3.8, 4) is 17.2 Å². The molecule has 0 aliphatic carbocycles. The van der Waals surface area contributed by atoms with Crippen LogP contribution in [-0.2, 0) is 12.6 Å². The highest BCUT2D eigenvalue weighted by Gasteiger charge is 2.40. The van der Waals surface area contributed by atoms with Crippen LogP contribution in [0, 0.1) is 0 Å². The minimum absolute atomic E-state index is 0.0203. The van der Waals surface area contributed by atoms with Crippen LogP contribution in [-0.4, -0.2) is 32.4 Å². The van der Waals surface area contributed by atoms with E-state index in [0.29, 0.717) is 15.3 Å². The molecule has 2 aromatic carbocycles. The molecule has 3 rings (SSSR count). The number of halogens is 4. The van der Waals surface area contributed by atoms with Gasteiger partial charge in [0, 0.05) is 11.6 Å². The van der Waals surface area contributed by atoms with Crippen molar-refractivity contribution < 1.29 is 28.2 Å². The van der Waals surface area contributed by atoms with Gasteiger partial charge >= 0.3 is 6.18 Å². The Morgan fingerprint density at radius 2 is 1.79 bits per heavy atom. The molecule has 0 spiro atoms. The molecular formula is C19H15ClF3N3O3. The van der Waals surface area contributed by atoms with Crippen molar-refractivity contribution in [1.82, 2.24) is 15.1 Å². The van der Waals surface area contributed by atoms with Crippen LogP contribution >= 0.6 is 11.6 Å². The third-order valence-electron chi connectivity index (χ3n) is 4.09. The van der Waals surface area contributed by atoms with Crippen LogP contribution in [0.5, 0.6) is 11.5 Å². The van der Waals surface area contributed by atoms with E-state index in [4.69, 9.17) is 11.6 Å². The Morgan fingerprint density at radius 1 is 1.10 bits per heavy atom. The number of phenols is 2. The number of amides is 1. The second-order valence-corrected chi connectivity index (χ2v) is 6.56. The van der Waals surface area contributed by atoms with Gasteiger partial charge in [0.15, 0.2) is 17.2 Å². The molecule has 0 saturated carbocycles. The maximum Gasteiger partial charge on any atom is 0.434 e. The fraction of sp³-hybridized carbons (Fsp3) is 0.158. The van der Waals surface area contributed by atoms with Crippen molar-refractivity contribution in [2.75, 3.05) is 6.54 Å². The molecule has 0 unspecified atom stereocenters. The molecule has 0 aliphatic rings. The summed E-state index contributed by atoms with van der Waals surface area (Å²) in [6.07, 6.45) is -3.71. The lowest BCUT2D eigenvalue weighted by Gasteiger charge is -2.13. The van der Waals surface area contributed by atoms with Gasteiger partial charge in [0.25, 0.3) is 5.91 Å². The maximum atomic E-state index is 13.6. The average Bonchev–Trinajstić information content (AvgIpc) is 3.11. The number of aromatic hydroxyl groups is 2. The summed E-state index contributed by atoms with van der Waals surface area (Å²) in [6.45, 7) is 0.0203.